The predicted octanol–water partition coefficient (Wildman–Crippen LogP) is 3.71. The minimum Gasteiger partial charge on any atom is -0.495 e. The Labute approximate surface area is 180 Å². The van der Waals surface area contributed by atoms with Gasteiger partial charge >= 0.3 is 0 Å². The first-order valence-electron chi connectivity index (χ1n) is 9.48. The molecule has 1 aliphatic heterocycles. The summed E-state index contributed by atoms with van der Waals surface area (Å²) in [5, 5.41) is 5.52. The smallest absolute Gasteiger partial charge is 0.243 e. The van der Waals surface area contributed by atoms with Crippen LogP contribution in [-0.2, 0) is 14.8 Å². The van der Waals surface area contributed by atoms with Crippen molar-refractivity contribution in [1.29, 1.82) is 0 Å². The van der Waals surface area contributed by atoms with E-state index in [2.05, 4.69) is 10.6 Å². The van der Waals surface area contributed by atoms with Crippen molar-refractivity contribution in [2.24, 2.45) is 0 Å². The van der Waals surface area contributed by atoms with E-state index in [0.717, 1.165) is 25.3 Å². The summed E-state index contributed by atoms with van der Waals surface area (Å²) in [6.07, 6.45) is 2.69. The monoisotopic (exact) mass is 455 g/mol. The molecule has 0 radical (unpaired) electrons. The van der Waals surface area contributed by atoms with Crippen LogP contribution in [0.4, 0.5) is 15.8 Å². The van der Waals surface area contributed by atoms with Crippen LogP contribution in [0.5, 0.6) is 5.75 Å². The number of amides is 1. The number of sulfonamides is 1. The average molecular weight is 456 g/mol. The number of benzene rings is 2. The number of piperidine rings is 1. The number of carbonyl (C=O) groups excluding carboxylic acids is 1. The fraction of sp³-hybridized carbons (Fsp3) is 0.350. The fourth-order valence-corrected chi connectivity index (χ4v) is 4.90. The Morgan fingerprint density at radius 2 is 1.87 bits per heavy atom. The Morgan fingerprint density at radius 3 is 2.53 bits per heavy atom. The Balaban J connectivity index is 1.73. The summed E-state index contributed by atoms with van der Waals surface area (Å²) in [5.74, 6) is -0.774. The third kappa shape index (κ3) is 5.21. The van der Waals surface area contributed by atoms with Gasteiger partial charge in [-0.05, 0) is 49.2 Å². The molecule has 3 rings (SSSR count). The number of anilines is 2. The number of nitrogens with one attached hydrogen (secondary N) is 2. The van der Waals surface area contributed by atoms with Gasteiger partial charge in [-0.25, -0.2) is 12.8 Å². The number of rotatable bonds is 7. The van der Waals surface area contributed by atoms with Crippen molar-refractivity contribution < 1.29 is 22.3 Å². The standard InChI is InChI=1S/C20H23ClFN3O4S/c1-29-19-8-6-15(30(27,28)25-9-3-2-4-10-25)12-18(19)23-13-20(26)24-17-7-5-14(21)11-16(17)22/h5-8,11-12,23H,2-4,9-10,13H2,1H3,(H,24,26). The highest BCUT2D eigenvalue weighted by Gasteiger charge is 2.26. The molecule has 30 heavy (non-hydrogen) atoms. The van der Waals surface area contributed by atoms with Crippen molar-refractivity contribution >= 4 is 38.9 Å². The van der Waals surface area contributed by atoms with E-state index in [1.54, 1.807) is 0 Å². The second kappa shape index (κ2) is 9.63. The zero-order valence-corrected chi connectivity index (χ0v) is 18.0. The SMILES string of the molecule is COc1ccc(S(=O)(=O)N2CCCCC2)cc1NCC(=O)Nc1ccc(Cl)cc1F. The lowest BCUT2D eigenvalue weighted by molar-refractivity contribution is -0.114. The van der Waals surface area contributed by atoms with Crippen LogP contribution in [-0.4, -0.2) is 45.4 Å². The quantitative estimate of drug-likeness (QED) is 0.664. The number of methoxy groups -OCH3 is 1. The van der Waals surface area contributed by atoms with Crippen molar-refractivity contribution in [2.45, 2.75) is 24.2 Å². The van der Waals surface area contributed by atoms with Crippen molar-refractivity contribution in [2.75, 3.05) is 37.4 Å². The minimum absolute atomic E-state index is 0.000378. The Hall–Kier alpha value is -2.36. The van der Waals surface area contributed by atoms with E-state index in [-0.39, 0.29) is 22.2 Å². The zero-order valence-electron chi connectivity index (χ0n) is 16.5. The van der Waals surface area contributed by atoms with Gasteiger partial charge in [0.25, 0.3) is 0 Å². The van der Waals surface area contributed by atoms with Gasteiger partial charge in [-0.1, -0.05) is 18.0 Å². The first-order chi connectivity index (χ1) is 14.3. The molecule has 0 aliphatic carbocycles. The van der Waals surface area contributed by atoms with E-state index in [1.807, 2.05) is 0 Å². The Bertz CT molecular complexity index is 1030. The van der Waals surface area contributed by atoms with Gasteiger partial charge in [-0.2, -0.15) is 4.31 Å². The summed E-state index contributed by atoms with van der Waals surface area (Å²) in [7, 11) is -2.18. The molecular weight excluding hydrogens is 433 g/mol. The van der Waals surface area contributed by atoms with Crippen LogP contribution in [0, 0.1) is 5.82 Å². The maximum atomic E-state index is 13.8. The lowest BCUT2D eigenvalue weighted by Gasteiger charge is -2.26. The maximum Gasteiger partial charge on any atom is 0.243 e. The zero-order chi connectivity index (χ0) is 21.7. The largest absolute Gasteiger partial charge is 0.495 e. The highest BCUT2D eigenvalue weighted by Crippen LogP contribution is 2.30. The van der Waals surface area contributed by atoms with E-state index in [4.69, 9.17) is 16.3 Å². The van der Waals surface area contributed by atoms with Crippen LogP contribution < -0.4 is 15.4 Å². The van der Waals surface area contributed by atoms with Gasteiger partial charge in [-0.15, -0.1) is 0 Å². The number of hydrogen-bond acceptors (Lipinski definition) is 5. The molecule has 1 heterocycles. The molecule has 0 saturated carbocycles. The molecule has 162 valence electrons. The molecule has 0 spiro atoms. The van der Waals surface area contributed by atoms with E-state index in [0.29, 0.717) is 24.5 Å². The molecule has 0 aromatic heterocycles. The molecule has 1 aliphatic rings. The van der Waals surface area contributed by atoms with Gasteiger partial charge in [0.2, 0.25) is 15.9 Å². The van der Waals surface area contributed by atoms with Crippen LogP contribution in [0.1, 0.15) is 19.3 Å². The van der Waals surface area contributed by atoms with Crippen LogP contribution in [0.25, 0.3) is 0 Å². The molecule has 7 nitrogen and oxygen atoms in total. The average Bonchev–Trinajstić information content (AvgIpc) is 2.74. The summed E-state index contributed by atoms with van der Waals surface area (Å²) in [5.41, 5.74) is 0.349. The highest BCUT2D eigenvalue weighted by molar-refractivity contribution is 7.89. The second-order valence-electron chi connectivity index (χ2n) is 6.85. The number of ether oxygens (including phenoxy) is 1. The van der Waals surface area contributed by atoms with Gasteiger partial charge in [0.05, 0.1) is 29.9 Å². The molecule has 1 saturated heterocycles. The second-order valence-corrected chi connectivity index (χ2v) is 9.23. The van der Waals surface area contributed by atoms with E-state index < -0.39 is 21.7 Å². The van der Waals surface area contributed by atoms with Gasteiger partial charge in [0.15, 0.2) is 0 Å². The molecule has 2 N–H and O–H groups in total. The molecule has 0 unspecified atom stereocenters. The number of halogens is 2. The lowest BCUT2D eigenvalue weighted by Crippen LogP contribution is -2.35. The maximum absolute atomic E-state index is 13.8. The highest BCUT2D eigenvalue weighted by atomic mass is 35.5. The molecule has 2 aromatic rings. The van der Waals surface area contributed by atoms with Crippen molar-refractivity contribution in [3.8, 4) is 5.75 Å². The van der Waals surface area contributed by atoms with Crippen LogP contribution in [0.2, 0.25) is 5.02 Å². The lowest BCUT2D eigenvalue weighted by atomic mass is 10.2. The van der Waals surface area contributed by atoms with Crippen molar-refractivity contribution in [1.82, 2.24) is 4.31 Å². The first kappa shape index (κ1) is 22.3. The number of nitrogens with zero attached hydrogens (tertiary/aromatic N) is 1. The van der Waals surface area contributed by atoms with Crippen LogP contribution in [0.3, 0.4) is 0 Å². The van der Waals surface area contributed by atoms with Crippen LogP contribution >= 0.6 is 11.6 Å². The summed E-state index contributed by atoms with van der Waals surface area (Å²) in [6, 6.07) is 8.39. The molecule has 1 fully saturated rings. The fourth-order valence-electron chi connectivity index (χ4n) is 3.20. The third-order valence-electron chi connectivity index (χ3n) is 4.77. The van der Waals surface area contributed by atoms with E-state index >= 15 is 0 Å². The van der Waals surface area contributed by atoms with Crippen molar-refractivity contribution in [3.05, 3.63) is 47.2 Å². The van der Waals surface area contributed by atoms with Gasteiger partial charge in [-0.3, -0.25) is 4.79 Å². The summed E-state index contributed by atoms with van der Waals surface area (Å²) in [4.78, 5) is 12.3. The topological polar surface area (TPSA) is 87.7 Å². The first-order valence-corrected chi connectivity index (χ1v) is 11.3. The minimum atomic E-state index is -3.63. The van der Waals surface area contributed by atoms with Gasteiger partial charge < -0.3 is 15.4 Å². The Kier molecular flexibility index (Phi) is 7.17. The normalized spacial score (nSPS) is 14.9. The van der Waals surface area contributed by atoms with E-state index in [9.17, 15) is 17.6 Å². The summed E-state index contributed by atoms with van der Waals surface area (Å²) in [6.45, 7) is 0.768. The van der Waals surface area contributed by atoms with Crippen LogP contribution in [0.15, 0.2) is 41.3 Å². The number of hydrogen-bond donors (Lipinski definition) is 2. The molecule has 0 atom stereocenters. The molecule has 10 heteroatoms. The van der Waals surface area contributed by atoms with Gasteiger partial charge in [0, 0.05) is 18.1 Å². The molecule has 2 aromatic carbocycles. The number of carbonyl (C=O) groups is 1. The predicted molar refractivity (Wildman–Crippen MR) is 114 cm³/mol. The molecule has 0 bridgehead atoms. The Morgan fingerprint density at radius 1 is 1.13 bits per heavy atom. The van der Waals surface area contributed by atoms with Gasteiger partial charge in [0.1, 0.15) is 11.6 Å². The third-order valence-corrected chi connectivity index (χ3v) is 6.90. The van der Waals surface area contributed by atoms with Crippen molar-refractivity contribution in [3.63, 3.8) is 0 Å². The molecule has 1 amide bonds. The molecular formula is C20H23ClFN3O4S. The van der Waals surface area contributed by atoms with E-state index in [1.165, 1.54) is 41.7 Å². The summed E-state index contributed by atoms with van der Waals surface area (Å²) < 4.78 is 46.4. The summed E-state index contributed by atoms with van der Waals surface area (Å²) >= 11 is 5.70.